The van der Waals surface area contributed by atoms with Gasteiger partial charge < -0.3 is 4.57 Å². The highest BCUT2D eigenvalue weighted by molar-refractivity contribution is 5.84. The molecular weight excluding hydrogens is 244 g/mol. The number of nitrogens with zero attached hydrogens (tertiary/aromatic N) is 2. The molecule has 2 nitrogen and oxygen atoms in total. The van der Waals surface area contributed by atoms with Gasteiger partial charge in [-0.1, -0.05) is 57.2 Å². The fourth-order valence-corrected chi connectivity index (χ4v) is 2.80. The lowest BCUT2D eigenvalue weighted by Crippen LogP contribution is -1.96. The molecule has 2 aromatic rings. The van der Waals surface area contributed by atoms with Crippen LogP contribution in [0, 0.1) is 11.3 Å². The van der Waals surface area contributed by atoms with Gasteiger partial charge in [-0.2, -0.15) is 5.26 Å². The van der Waals surface area contributed by atoms with Crippen LogP contribution in [0.5, 0.6) is 0 Å². The first-order valence-electron chi connectivity index (χ1n) is 7.80. The molecule has 0 radical (unpaired) electrons. The molecule has 0 aliphatic heterocycles. The monoisotopic (exact) mass is 268 g/mol. The summed E-state index contributed by atoms with van der Waals surface area (Å²) in [6.07, 6.45) is 10.6. The second kappa shape index (κ2) is 7.75. The van der Waals surface area contributed by atoms with E-state index in [0.29, 0.717) is 6.42 Å². The fourth-order valence-electron chi connectivity index (χ4n) is 2.80. The molecule has 0 saturated heterocycles. The highest BCUT2D eigenvalue weighted by atomic mass is 15.0. The third-order valence-electron chi connectivity index (χ3n) is 3.89. The maximum absolute atomic E-state index is 8.93. The number of unbranched alkanes of at least 4 members (excludes halogenated alkanes) is 5. The van der Waals surface area contributed by atoms with E-state index in [1.807, 2.05) is 0 Å². The summed E-state index contributed by atoms with van der Waals surface area (Å²) in [6.45, 7) is 3.32. The molecule has 0 aliphatic carbocycles. The van der Waals surface area contributed by atoms with Crippen molar-refractivity contribution in [3.63, 3.8) is 0 Å². The molecular formula is C18H24N2. The molecule has 0 bridgehead atoms. The second-order valence-corrected chi connectivity index (χ2v) is 5.47. The largest absolute Gasteiger partial charge is 0.347 e. The van der Waals surface area contributed by atoms with Crippen molar-refractivity contribution in [2.24, 2.45) is 0 Å². The van der Waals surface area contributed by atoms with Crippen LogP contribution in [0.15, 0.2) is 30.5 Å². The number of aromatic nitrogens is 1. The molecule has 0 aliphatic rings. The van der Waals surface area contributed by atoms with Crippen molar-refractivity contribution in [2.45, 2.75) is 58.4 Å². The summed E-state index contributed by atoms with van der Waals surface area (Å²) in [6, 6.07) is 10.7. The van der Waals surface area contributed by atoms with Gasteiger partial charge in [0.15, 0.2) is 0 Å². The maximum Gasteiger partial charge on any atom is 0.0670 e. The number of aryl methyl sites for hydroxylation is 1. The van der Waals surface area contributed by atoms with Crippen molar-refractivity contribution in [1.29, 1.82) is 5.26 Å². The Labute approximate surface area is 122 Å². The van der Waals surface area contributed by atoms with E-state index in [4.69, 9.17) is 5.26 Å². The maximum atomic E-state index is 8.93. The van der Waals surface area contributed by atoms with Gasteiger partial charge in [0.2, 0.25) is 0 Å². The Hall–Kier alpha value is -1.75. The Morgan fingerprint density at radius 2 is 1.80 bits per heavy atom. The smallest absolute Gasteiger partial charge is 0.0670 e. The van der Waals surface area contributed by atoms with Crippen molar-refractivity contribution in [3.05, 3.63) is 36.0 Å². The van der Waals surface area contributed by atoms with Gasteiger partial charge in [-0.25, -0.2) is 0 Å². The van der Waals surface area contributed by atoms with E-state index in [9.17, 15) is 0 Å². The molecule has 0 fully saturated rings. The molecule has 0 spiro atoms. The van der Waals surface area contributed by atoms with E-state index in [0.717, 1.165) is 12.1 Å². The van der Waals surface area contributed by atoms with Gasteiger partial charge in [-0.05, 0) is 18.1 Å². The molecule has 0 atom stereocenters. The van der Waals surface area contributed by atoms with Gasteiger partial charge in [0, 0.05) is 23.6 Å². The van der Waals surface area contributed by atoms with Crippen LogP contribution in [0.2, 0.25) is 0 Å². The summed E-state index contributed by atoms with van der Waals surface area (Å²) in [7, 11) is 0. The molecule has 1 aromatic heterocycles. The Morgan fingerprint density at radius 3 is 2.60 bits per heavy atom. The molecule has 1 heterocycles. The molecule has 106 valence electrons. The first kappa shape index (κ1) is 14.7. The van der Waals surface area contributed by atoms with Crippen LogP contribution >= 0.6 is 0 Å². The zero-order chi connectivity index (χ0) is 14.2. The van der Waals surface area contributed by atoms with Gasteiger partial charge >= 0.3 is 0 Å². The number of nitriles is 1. The van der Waals surface area contributed by atoms with Gasteiger partial charge in [0.25, 0.3) is 0 Å². The molecule has 0 N–H and O–H groups in total. The first-order valence-corrected chi connectivity index (χ1v) is 7.80. The third-order valence-corrected chi connectivity index (χ3v) is 3.89. The number of benzene rings is 1. The number of fused-ring (bicyclic) bond motifs is 1. The standard InChI is InChI=1S/C18H24N2/c1-2-3-4-5-6-9-14-20-15-16(12-13-19)17-10-7-8-11-18(17)20/h7-8,10-11,15H,2-6,9,12,14H2,1H3. The average molecular weight is 268 g/mol. The van der Waals surface area contributed by atoms with Crippen LogP contribution in [0.3, 0.4) is 0 Å². The lowest BCUT2D eigenvalue weighted by molar-refractivity contribution is 0.565. The summed E-state index contributed by atoms with van der Waals surface area (Å²) in [5.74, 6) is 0. The third kappa shape index (κ3) is 3.63. The van der Waals surface area contributed by atoms with Crippen LogP contribution in [-0.4, -0.2) is 4.57 Å². The molecule has 0 saturated carbocycles. The van der Waals surface area contributed by atoms with Crippen molar-refractivity contribution in [2.75, 3.05) is 0 Å². The number of hydrogen-bond donors (Lipinski definition) is 0. The molecule has 2 heteroatoms. The van der Waals surface area contributed by atoms with Gasteiger partial charge in [0.1, 0.15) is 0 Å². The summed E-state index contributed by atoms with van der Waals surface area (Å²) in [4.78, 5) is 0. The zero-order valence-corrected chi connectivity index (χ0v) is 12.4. The Kier molecular flexibility index (Phi) is 5.68. The molecule has 2 rings (SSSR count). The summed E-state index contributed by atoms with van der Waals surface area (Å²) >= 11 is 0. The van der Waals surface area contributed by atoms with Crippen LogP contribution in [-0.2, 0) is 13.0 Å². The fraction of sp³-hybridized carbons (Fsp3) is 0.500. The van der Waals surface area contributed by atoms with Gasteiger partial charge in [-0.15, -0.1) is 0 Å². The second-order valence-electron chi connectivity index (χ2n) is 5.47. The van der Waals surface area contributed by atoms with Gasteiger partial charge in [0.05, 0.1) is 12.5 Å². The van der Waals surface area contributed by atoms with E-state index < -0.39 is 0 Å². The topological polar surface area (TPSA) is 28.7 Å². The zero-order valence-electron chi connectivity index (χ0n) is 12.4. The molecule has 1 aromatic carbocycles. The minimum Gasteiger partial charge on any atom is -0.347 e. The van der Waals surface area contributed by atoms with E-state index in [1.165, 1.54) is 49.4 Å². The Balaban J connectivity index is 1.98. The molecule has 0 amide bonds. The Bertz CT molecular complexity index is 575. The van der Waals surface area contributed by atoms with E-state index >= 15 is 0 Å². The summed E-state index contributed by atoms with van der Waals surface area (Å²) in [5.41, 5.74) is 2.43. The SMILES string of the molecule is CCCCCCCCn1cc(CC#N)c2ccccc21. The van der Waals surface area contributed by atoms with Crippen LogP contribution in [0.25, 0.3) is 10.9 Å². The lowest BCUT2D eigenvalue weighted by Gasteiger charge is -2.05. The van der Waals surface area contributed by atoms with Crippen LogP contribution < -0.4 is 0 Å². The number of hydrogen-bond acceptors (Lipinski definition) is 1. The quantitative estimate of drug-likeness (QED) is 0.614. The van der Waals surface area contributed by atoms with Crippen molar-refractivity contribution < 1.29 is 0 Å². The molecule has 0 unspecified atom stereocenters. The van der Waals surface area contributed by atoms with Crippen molar-refractivity contribution in [1.82, 2.24) is 4.57 Å². The van der Waals surface area contributed by atoms with E-state index in [-0.39, 0.29) is 0 Å². The first-order chi connectivity index (χ1) is 9.86. The van der Waals surface area contributed by atoms with Crippen LogP contribution in [0.4, 0.5) is 0 Å². The average Bonchev–Trinajstić information content (AvgIpc) is 2.82. The Morgan fingerprint density at radius 1 is 1.05 bits per heavy atom. The van der Waals surface area contributed by atoms with Gasteiger partial charge in [-0.3, -0.25) is 0 Å². The lowest BCUT2D eigenvalue weighted by atomic mass is 10.1. The summed E-state index contributed by atoms with van der Waals surface area (Å²) < 4.78 is 2.32. The number of rotatable bonds is 8. The summed E-state index contributed by atoms with van der Waals surface area (Å²) in [5, 5.41) is 10.2. The highest BCUT2D eigenvalue weighted by Gasteiger charge is 2.07. The van der Waals surface area contributed by atoms with E-state index in [2.05, 4.69) is 48.0 Å². The predicted octanol–water partition coefficient (Wildman–Crippen LogP) is 5.07. The minimum atomic E-state index is 0.504. The molecule has 20 heavy (non-hydrogen) atoms. The van der Waals surface area contributed by atoms with Crippen molar-refractivity contribution >= 4 is 10.9 Å². The minimum absolute atomic E-state index is 0.504. The number of para-hydroxylation sites is 1. The normalized spacial score (nSPS) is 10.8. The van der Waals surface area contributed by atoms with Crippen molar-refractivity contribution in [3.8, 4) is 6.07 Å². The predicted molar refractivity (Wildman–Crippen MR) is 84.6 cm³/mol. The highest BCUT2D eigenvalue weighted by Crippen LogP contribution is 2.22. The van der Waals surface area contributed by atoms with Crippen LogP contribution in [0.1, 0.15) is 51.0 Å². The van der Waals surface area contributed by atoms with E-state index in [1.54, 1.807) is 0 Å².